The molecule has 1 aliphatic heterocycles. The van der Waals surface area contributed by atoms with Gasteiger partial charge in [0.15, 0.2) is 0 Å². The van der Waals surface area contributed by atoms with Crippen molar-refractivity contribution in [3.8, 4) is 0 Å². The van der Waals surface area contributed by atoms with Crippen LogP contribution in [0, 0.1) is 0 Å². The van der Waals surface area contributed by atoms with Crippen molar-refractivity contribution in [3.63, 3.8) is 0 Å². The molecule has 92 valence electrons. The van der Waals surface area contributed by atoms with Gasteiger partial charge in [-0.3, -0.25) is 4.90 Å². The fourth-order valence-electron chi connectivity index (χ4n) is 1.59. The molecule has 0 saturated carbocycles. The summed E-state index contributed by atoms with van der Waals surface area (Å²) < 4.78 is 5.04. The predicted octanol–water partition coefficient (Wildman–Crippen LogP) is -0.893. The zero-order valence-electron chi connectivity index (χ0n) is 9.60. The van der Waals surface area contributed by atoms with E-state index in [0.29, 0.717) is 0 Å². The largest absolute Gasteiger partial charge is 0.548 e. The topological polar surface area (TPSA) is 89.9 Å². The van der Waals surface area contributed by atoms with Gasteiger partial charge in [-0.1, -0.05) is 0 Å². The Labute approximate surface area is 93.8 Å². The number of likely N-dealkylation sites (tertiary alicyclic amines) is 1. The Balaban J connectivity index is 2.73. The summed E-state index contributed by atoms with van der Waals surface area (Å²) >= 11 is 0. The highest BCUT2D eigenvalue weighted by atomic mass is 16.6. The molecule has 0 aromatic heterocycles. The number of nitrogens with zero attached hydrogens (tertiary/aromatic N) is 1. The second kappa shape index (κ2) is 4.29. The molecule has 0 unspecified atom stereocenters. The summed E-state index contributed by atoms with van der Waals surface area (Å²) in [6, 6.07) is -1.31. The predicted molar refractivity (Wildman–Crippen MR) is 52.4 cm³/mol. The molecule has 1 heterocycles. The Kier molecular flexibility index (Phi) is 3.42. The molecule has 16 heavy (non-hydrogen) atoms. The third-order valence-corrected chi connectivity index (χ3v) is 2.24. The lowest BCUT2D eigenvalue weighted by Gasteiger charge is -2.29. The van der Waals surface area contributed by atoms with Crippen molar-refractivity contribution in [3.05, 3.63) is 0 Å². The van der Waals surface area contributed by atoms with Gasteiger partial charge in [0.05, 0.1) is 12.1 Å². The number of carbonyl (C=O) groups is 2. The fraction of sp³-hybridized carbons (Fsp3) is 0.800. The zero-order chi connectivity index (χ0) is 12.5. The zero-order valence-corrected chi connectivity index (χ0v) is 9.60. The van der Waals surface area contributed by atoms with E-state index in [1.54, 1.807) is 20.8 Å². The molecule has 1 aliphatic rings. The van der Waals surface area contributed by atoms with Crippen LogP contribution in [0.15, 0.2) is 0 Å². The van der Waals surface area contributed by atoms with Crippen LogP contribution in [0.4, 0.5) is 4.79 Å². The monoisotopic (exact) mass is 230 g/mol. The molecule has 1 saturated heterocycles. The molecule has 0 aliphatic carbocycles. The van der Waals surface area contributed by atoms with Crippen molar-refractivity contribution in [1.29, 1.82) is 0 Å². The van der Waals surface area contributed by atoms with Crippen LogP contribution in [0.2, 0.25) is 0 Å². The number of hydrogen-bond donors (Lipinski definition) is 1. The van der Waals surface area contributed by atoms with Crippen molar-refractivity contribution >= 4 is 12.1 Å². The normalized spacial score (nSPS) is 25.6. The molecule has 0 radical (unpaired) electrons. The third-order valence-electron chi connectivity index (χ3n) is 2.24. The SMILES string of the molecule is CC(C)(C)OC(=O)N1CC[C@@H](O)[C@H]1C(=O)[O-]. The molecule has 1 rings (SSSR count). The molecule has 0 aromatic rings. The van der Waals surface area contributed by atoms with E-state index < -0.39 is 29.8 Å². The van der Waals surface area contributed by atoms with Gasteiger partial charge in [-0.2, -0.15) is 0 Å². The summed E-state index contributed by atoms with van der Waals surface area (Å²) in [7, 11) is 0. The summed E-state index contributed by atoms with van der Waals surface area (Å²) in [6.45, 7) is 5.22. The minimum absolute atomic E-state index is 0.161. The molecule has 6 heteroatoms. The number of carbonyl (C=O) groups excluding carboxylic acids is 2. The second-order valence-electron chi connectivity index (χ2n) is 4.79. The van der Waals surface area contributed by atoms with Crippen LogP contribution >= 0.6 is 0 Å². The van der Waals surface area contributed by atoms with E-state index in [-0.39, 0.29) is 13.0 Å². The first-order valence-corrected chi connectivity index (χ1v) is 5.11. The van der Waals surface area contributed by atoms with Gasteiger partial charge in [0.25, 0.3) is 0 Å². The van der Waals surface area contributed by atoms with Gasteiger partial charge in [0.2, 0.25) is 0 Å². The molecule has 0 bridgehead atoms. The molecule has 6 nitrogen and oxygen atoms in total. The Morgan fingerprint density at radius 3 is 2.44 bits per heavy atom. The van der Waals surface area contributed by atoms with Gasteiger partial charge in [-0.25, -0.2) is 4.79 Å². The minimum atomic E-state index is -1.46. The average molecular weight is 230 g/mol. The maximum Gasteiger partial charge on any atom is 0.410 e. The van der Waals surface area contributed by atoms with E-state index in [1.165, 1.54) is 0 Å². The maximum absolute atomic E-state index is 11.6. The van der Waals surface area contributed by atoms with Gasteiger partial charge in [-0.15, -0.1) is 0 Å². The quantitative estimate of drug-likeness (QED) is 0.631. The number of hydrogen-bond acceptors (Lipinski definition) is 5. The molecule has 1 N–H and O–H groups in total. The molecule has 1 amide bonds. The Morgan fingerprint density at radius 1 is 1.44 bits per heavy atom. The van der Waals surface area contributed by atoms with Crippen molar-refractivity contribution in [2.75, 3.05) is 6.54 Å². The van der Waals surface area contributed by atoms with Gasteiger partial charge < -0.3 is 19.7 Å². The van der Waals surface area contributed by atoms with Gasteiger partial charge in [-0.05, 0) is 27.2 Å². The van der Waals surface area contributed by atoms with E-state index >= 15 is 0 Å². The Morgan fingerprint density at radius 2 is 2.00 bits per heavy atom. The number of rotatable bonds is 1. The van der Waals surface area contributed by atoms with Crippen molar-refractivity contribution in [2.45, 2.75) is 44.9 Å². The summed E-state index contributed by atoms with van der Waals surface area (Å²) in [5.41, 5.74) is -0.693. The highest BCUT2D eigenvalue weighted by Gasteiger charge is 2.38. The summed E-state index contributed by atoms with van der Waals surface area (Å²) in [5.74, 6) is -1.46. The first kappa shape index (κ1) is 12.8. The van der Waals surface area contributed by atoms with Crippen LogP contribution in [0.3, 0.4) is 0 Å². The van der Waals surface area contributed by atoms with Crippen LogP contribution in [-0.4, -0.2) is 46.4 Å². The highest BCUT2D eigenvalue weighted by Crippen LogP contribution is 2.20. The summed E-state index contributed by atoms with van der Waals surface area (Å²) in [4.78, 5) is 23.4. The highest BCUT2D eigenvalue weighted by molar-refractivity contribution is 5.80. The number of aliphatic hydroxyl groups excluding tert-OH is 1. The number of carboxylic acids is 1. The van der Waals surface area contributed by atoms with Crippen LogP contribution in [0.1, 0.15) is 27.2 Å². The average Bonchev–Trinajstić information content (AvgIpc) is 2.43. The molecular formula is C10H16NO5-. The fourth-order valence-corrected chi connectivity index (χ4v) is 1.59. The van der Waals surface area contributed by atoms with Crippen LogP contribution < -0.4 is 5.11 Å². The summed E-state index contributed by atoms with van der Waals surface area (Å²) in [5, 5.41) is 20.2. The van der Waals surface area contributed by atoms with Crippen LogP contribution in [0.25, 0.3) is 0 Å². The van der Waals surface area contributed by atoms with E-state index in [0.717, 1.165) is 4.90 Å². The maximum atomic E-state index is 11.6. The molecular weight excluding hydrogens is 214 g/mol. The summed E-state index contributed by atoms with van der Waals surface area (Å²) in [6.07, 6.45) is -1.60. The molecule has 1 fully saturated rings. The van der Waals surface area contributed by atoms with Gasteiger partial charge >= 0.3 is 6.09 Å². The Bertz CT molecular complexity index is 296. The Hall–Kier alpha value is -1.30. The van der Waals surface area contributed by atoms with E-state index in [1.807, 2.05) is 0 Å². The van der Waals surface area contributed by atoms with E-state index in [4.69, 9.17) is 4.74 Å². The molecule has 0 spiro atoms. The first-order valence-electron chi connectivity index (χ1n) is 5.11. The lowest BCUT2D eigenvalue weighted by molar-refractivity contribution is -0.312. The number of amides is 1. The first-order chi connectivity index (χ1) is 7.22. The smallest absolute Gasteiger partial charge is 0.410 e. The van der Waals surface area contributed by atoms with Crippen molar-refractivity contribution < 1.29 is 24.5 Å². The molecule has 2 atom stereocenters. The minimum Gasteiger partial charge on any atom is -0.548 e. The van der Waals surface area contributed by atoms with E-state index in [2.05, 4.69) is 0 Å². The lowest BCUT2D eigenvalue weighted by Crippen LogP contribution is -2.52. The lowest BCUT2D eigenvalue weighted by atomic mass is 10.2. The number of aliphatic carboxylic acids is 1. The van der Waals surface area contributed by atoms with E-state index in [9.17, 15) is 19.8 Å². The number of carboxylic acid groups (broad SMARTS) is 1. The third kappa shape index (κ3) is 2.85. The standard InChI is InChI=1S/C10H17NO5/c1-10(2,3)16-9(15)11-5-4-6(12)7(11)8(13)14/h6-7,12H,4-5H2,1-3H3,(H,13,14)/p-1/t6-,7+/m1/s1. The van der Waals surface area contributed by atoms with Crippen molar-refractivity contribution in [2.24, 2.45) is 0 Å². The molecule has 0 aromatic carbocycles. The van der Waals surface area contributed by atoms with Crippen LogP contribution in [0.5, 0.6) is 0 Å². The van der Waals surface area contributed by atoms with Gasteiger partial charge in [0, 0.05) is 6.54 Å². The number of aliphatic hydroxyl groups is 1. The van der Waals surface area contributed by atoms with Crippen LogP contribution in [-0.2, 0) is 9.53 Å². The van der Waals surface area contributed by atoms with Gasteiger partial charge in [0.1, 0.15) is 11.6 Å². The van der Waals surface area contributed by atoms with Crippen molar-refractivity contribution in [1.82, 2.24) is 4.90 Å². The number of ether oxygens (including phenoxy) is 1. The second-order valence-corrected chi connectivity index (χ2v) is 4.79.